The molecule has 1 heterocycles. The zero-order chi connectivity index (χ0) is 21.3. The molecule has 5 nitrogen and oxygen atoms in total. The van der Waals surface area contributed by atoms with Crippen LogP contribution in [0.2, 0.25) is 0 Å². The molecule has 2 aromatic rings. The van der Waals surface area contributed by atoms with Gasteiger partial charge in [-0.15, -0.1) is 11.3 Å². The SMILES string of the molecule is CCOC(=O)c1c2ccc(-c3cc4ccccc4s3)ccc-2c(C(=O)OCC)c1N. The molecule has 1 aromatic carbocycles. The van der Waals surface area contributed by atoms with Crippen LogP contribution in [0.3, 0.4) is 0 Å². The molecule has 2 aliphatic rings. The molecule has 0 amide bonds. The number of carbonyl (C=O) groups is 2. The van der Waals surface area contributed by atoms with E-state index >= 15 is 0 Å². The number of hydrogen-bond donors (Lipinski definition) is 1. The van der Waals surface area contributed by atoms with Crippen LogP contribution in [0, 0.1) is 0 Å². The molecule has 2 N–H and O–H groups in total. The third-order valence-corrected chi connectivity index (χ3v) is 6.06. The molecular formula is C24H21NO4S. The Balaban J connectivity index is 1.91. The predicted octanol–water partition coefficient (Wildman–Crippen LogP) is 5.61. The number of rotatable bonds is 5. The maximum atomic E-state index is 12.6. The number of hydrogen-bond acceptors (Lipinski definition) is 6. The summed E-state index contributed by atoms with van der Waals surface area (Å²) in [5.41, 5.74) is 8.84. The van der Waals surface area contributed by atoms with E-state index in [4.69, 9.17) is 15.2 Å². The van der Waals surface area contributed by atoms with Crippen LogP contribution in [-0.4, -0.2) is 25.2 Å². The van der Waals surface area contributed by atoms with Gasteiger partial charge in [0, 0.05) is 9.58 Å². The van der Waals surface area contributed by atoms with E-state index in [-0.39, 0.29) is 30.0 Å². The Hall–Kier alpha value is -3.38. The van der Waals surface area contributed by atoms with E-state index in [0.29, 0.717) is 11.1 Å². The lowest BCUT2D eigenvalue weighted by molar-refractivity contribution is 0.0525. The molecule has 2 aliphatic carbocycles. The number of benzene rings is 1. The summed E-state index contributed by atoms with van der Waals surface area (Å²) in [6.45, 7) is 3.88. The second-order valence-corrected chi connectivity index (χ2v) is 7.79. The second kappa shape index (κ2) is 8.16. The zero-order valence-electron chi connectivity index (χ0n) is 16.7. The molecule has 0 fully saturated rings. The van der Waals surface area contributed by atoms with Crippen molar-refractivity contribution in [3.05, 3.63) is 65.7 Å². The number of fused-ring (bicyclic) bond motifs is 2. The van der Waals surface area contributed by atoms with Gasteiger partial charge in [0.15, 0.2) is 0 Å². The smallest absolute Gasteiger partial charge is 0.340 e. The van der Waals surface area contributed by atoms with E-state index in [9.17, 15) is 9.59 Å². The predicted molar refractivity (Wildman–Crippen MR) is 120 cm³/mol. The highest BCUT2D eigenvalue weighted by atomic mass is 32.1. The van der Waals surface area contributed by atoms with E-state index in [1.165, 1.54) is 10.1 Å². The van der Waals surface area contributed by atoms with Crippen molar-refractivity contribution in [2.24, 2.45) is 0 Å². The van der Waals surface area contributed by atoms with Crippen LogP contribution in [0.4, 0.5) is 5.69 Å². The van der Waals surface area contributed by atoms with Gasteiger partial charge in [-0.2, -0.15) is 0 Å². The Kier molecular flexibility index (Phi) is 5.42. The van der Waals surface area contributed by atoms with Gasteiger partial charge in [-0.05, 0) is 48.1 Å². The van der Waals surface area contributed by atoms with E-state index in [1.807, 2.05) is 36.4 Å². The number of ether oxygens (including phenoxy) is 2. The largest absolute Gasteiger partial charge is 0.462 e. The summed E-state index contributed by atoms with van der Waals surface area (Å²) in [4.78, 5) is 26.3. The van der Waals surface area contributed by atoms with E-state index in [0.717, 1.165) is 10.4 Å². The molecule has 0 unspecified atom stereocenters. The van der Waals surface area contributed by atoms with Crippen LogP contribution < -0.4 is 5.73 Å². The first kappa shape index (κ1) is 19.9. The Morgan fingerprint density at radius 1 is 0.867 bits per heavy atom. The average Bonchev–Trinajstić information content (AvgIpc) is 3.20. The molecule has 0 saturated heterocycles. The van der Waals surface area contributed by atoms with Crippen molar-refractivity contribution in [1.29, 1.82) is 0 Å². The summed E-state index contributed by atoms with van der Waals surface area (Å²) in [6.07, 6.45) is 0. The van der Waals surface area contributed by atoms with Gasteiger partial charge in [0.2, 0.25) is 0 Å². The molecule has 6 heteroatoms. The van der Waals surface area contributed by atoms with Gasteiger partial charge in [0.25, 0.3) is 0 Å². The molecule has 4 rings (SSSR count). The summed E-state index contributed by atoms with van der Waals surface area (Å²) in [5, 5.41) is 1.17. The molecule has 0 spiro atoms. The fourth-order valence-electron chi connectivity index (χ4n) is 3.57. The van der Waals surface area contributed by atoms with Crippen LogP contribution in [0.15, 0.2) is 54.6 Å². The highest BCUT2D eigenvalue weighted by molar-refractivity contribution is 7.22. The summed E-state index contributed by atoms with van der Waals surface area (Å²) in [6, 6.07) is 17.8. The van der Waals surface area contributed by atoms with Crippen LogP contribution in [-0.2, 0) is 9.47 Å². The molecule has 0 radical (unpaired) electrons. The van der Waals surface area contributed by atoms with Crippen LogP contribution >= 0.6 is 11.3 Å². The normalized spacial score (nSPS) is 11.0. The first-order valence-electron chi connectivity index (χ1n) is 9.73. The van der Waals surface area contributed by atoms with Crippen molar-refractivity contribution >= 4 is 39.0 Å². The van der Waals surface area contributed by atoms with E-state index in [2.05, 4.69) is 18.2 Å². The lowest BCUT2D eigenvalue weighted by Crippen LogP contribution is -2.09. The molecule has 30 heavy (non-hydrogen) atoms. The van der Waals surface area contributed by atoms with Crippen LogP contribution in [0.5, 0.6) is 0 Å². The number of esters is 2. The molecule has 152 valence electrons. The molecule has 1 aromatic heterocycles. The number of carbonyl (C=O) groups excluding carboxylic acids is 2. The fraction of sp³-hybridized carbons (Fsp3) is 0.167. The number of anilines is 1. The van der Waals surface area contributed by atoms with Gasteiger partial charge in [-0.25, -0.2) is 9.59 Å². The van der Waals surface area contributed by atoms with E-state index < -0.39 is 11.9 Å². The average molecular weight is 420 g/mol. The Labute approximate surface area is 178 Å². The van der Waals surface area contributed by atoms with Gasteiger partial charge in [-0.1, -0.05) is 42.5 Å². The summed E-state index contributed by atoms with van der Waals surface area (Å²) >= 11 is 1.69. The highest BCUT2D eigenvalue weighted by Gasteiger charge is 2.30. The minimum absolute atomic E-state index is 0.0940. The van der Waals surface area contributed by atoms with Crippen molar-refractivity contribution in [1.82, 2.24) is 0 Å². The van der Waals surface area contributed by atoms with Crippen molar-refractivity contribution in [2.75, 3.05) is 18.9 Å². The summed E-state index contributed by atoms with van der Waals surface area (Å²) < 4.78 is 11.6. The molecular weight excluding hydrogens is 398 g/mol. The summed E-state index contributed by atoms with van der Waals surface area (Å²) in [5.74, 6) is -1.10. The Bertz CT molecular complexity index is 1140. The Morgan fingerprint density at radius 3 is 1.97 bits per heavy atom. The van der Waals surface area contributed by atoms with Crippen molar-refractivity contribution in [2.45, 2.75) is 13.8 Å². The van der Waals surface area contributed by atoms with Gasteiger partial charge in [0.1, 0.15) is 0 Å². The first-order chi connectivity index (χ1) is 14.5. The molecule has 0 saturated carbocycles. The zero-order valence-corrected chi connectivity index (χ0v) is 17.5. The van der Waals surface area contributed by atoms with E-state index in [1.54, 1.807) is 25.2 Å². The van der Waals surface area contributed by atoms with Crippen LogP contribution in [0.25, 0.3) is 31.7 Å². The molecule has 0 atom stereocenters. The quantitative estimate of drug-likeness (QED) is 0.426. The van der Waals surface area contributed by atoms with Crippen LogP contribution in [0.1, 0.15) is 34.6 Å². The van der Waals surface area contributed by atoms with Crippen molar-refractivity contribution < 1.29 is 19.1 Å². The maximum absolute atomic E-state index is 12.6. The second-order valence-electron chi connectivity index (χ2n) is 6.70. The third kappa shape index (κ3) is 3.39. The minimum atomic E-state index is -0.551. The first-order valence-corrected chi connectivity index (χ1v) is 10.5. The standard InChI is InChI=1S/C24H21NO4S/c1-3-28-23(26)20-16-11-9-14(19-13-15-7-5-6-8-18(15)30-19)10-12-17(16)21(22(20)25)24(27)29-4-2/h5-13H,3-4,25H2,1-2H3. The number of nitrogens with two attached hydrogens (primary N) is 1. The minimum Gasteiger partial charge on any atom is -0.462 e. The number of nitrogen functional groups attached to an aromatic ring is 1. The van der Waals surface area contributed by atoms with Gasteiger partial charge in [-0.3, -0.25) is 0 Å². The topological polar surface area (TPSA) is 78.6 Å². The number of thiophene rings is 1. The van der Waals surface area contributed by atoms with Crippen molar-refractivity contribution in [3.63, 3.8) is 0 Å². The molecule has 0 bridgehead atoms. The lowest BCUT2D eigenvalue weighted by atomic mass is 10.1. The Morgan fingerprint density at radius 2 is 1.43 bits per heavy atom. The van der Waals surface area contributed by atoms with Gasteiger partial charge < -0.3 is 15.2 Å². The maximum Gasteiger partial charge on any atom is 0.340 e. The van der Waals surface area contributed by atoms with Gasteiger partial charge in [0.05, 0.1) is 30.0 Å². The third-order valence-electron chi connectivity index (χ3n) is 4.90. The monoisotopic (exact) mass is 419 g/mol. The fourth-order valence-corrected chi connectivity index (χ4v) is 4.64. The highest BCUT2D eigenvalue weighted by Crippen LogP contribution is 2.41. The van der Waals surface area contributed by atoms with Gasteiger partial charge >= 0.3 is 11.9 Å². The summed E-state index contributed by atoms with van der Waals surface area (Å²) in [7, 11) is 0. The lowest BCUT2D eigenvalue weighted by Gasteiger charge is -2.03. The van der Waals surface area contributed by atoms with Crippen molar-refractivity contribution in [3.8, 4) is 21.6 Å². The molecule has 0 aliphatic heterocycles.